The van der Waals surface area contributed by atoms with Crippen LogP contribution < -0.4 is 10.1 Å². The largest absolute Gasteiger partial charge is 0.478 e. The Morgan fingerprint density at radius 2 is 2.10 bits per heavy atom. The highest BCUT2D eigenvalue weighted by Gasteiger charge is 2.05. The van der Waals surface area contributed by atoms with E-state index in [1.807, 2.05) is 20.8 Å². The van der Waals surface area contributed by atoms with Crippen molar-refractivity contribution >= 4 is 5.82 Å². The normalized spacial score (nSPS) is 10.8. The predicted octanol–water partition coefficient (Wildman–Crippen LogP) is 2.25. The smallest absolute Gasteiger partial charge is 0.218 e. The summed E-state index contributed by atoms with van der Waals surface area (Å²) in [5.41, 5.74) is 0. The van der Waals surface area contributed by atoms with Gasteiger partial charge >= 0.3 is 0 Å². The van der Waals surface area contributed by atoms with Crippen molar-refractivity contribution in [3.8, 4) is 5.88 Å². The molecular weight excluding hydrogens is 258 g/mol. The van der Waals surface area contributed by atoms with Crippen molar-refractivity contribution in [3.05, 3.63) is 11.9 Å². The molecule has 0 spiro atoms. The molecule has 0 saturated heterocycles. The van der Waals surface area contributed by atoms with Crippen LogP contribution in [0.3, 0.4) is 0 Å². The molecule has 0 aliphatic rings. The van der Waals surface area contributed by atoms with Gasteiger partial charge < -0.3 is 19.5 Å². The minimum atomic E-state index is 0.270. The van der Waals surface area contributed by atoms with Gasteiger partial charge in [-0.05, 0) is 27.2 Å². The molecule has 20 heavy (non-hydrogen) atoms. The molecule has 0 aliphatic carbocycles. The maximum absolute atomic E-state index is 5.49. The molecule has 1 aromatic rings. The molecule has 0 aromatic carbocycles. The molecule has 1 aromatic heterocycles. The third-order valence-corrected chi connectivity index (χ3v) is 2.39. The van der Waals surface area contributed by atoms with Gasteiger partial charge in [-0.25, -0.2) is 4.98 Å². The van der Waals surface area contributed by atoms with E-state index in [1.54, 1.807) is 13.2 Å². The van der Waals surface area contributed by atoms with Crippen LogP contribution in [0.25, 0.3) is 0 Å². The third-order valence-electron chi connectivity index (χ3n) is 2.39. The molecule has 114 valence electrons. The van der Waals surface area contributed by atoms with Crippen molar-refractivity contribution in [1.29, 1.82) is 0 Å². The van der Waals surface area contributed by atoms with E-state index in [4.69, 9.17) is 14.2 Å². The highest BCUT2D eigenvalue weighted by atomic mass is 16.5. The van der Waals surface area contributed by atoms with Crippen LogP contribution in [0, 0.1) is 0 Å². The number of nitrogens with one attached hydrogen (secondary N) is 1. The van der Waals surface area contributed by atoms with Crippen LogP contribution in [0.15, 0.2) is 6.07 Å². The standard InChI is InChI=1S/C14H25N3O3/c1-5-19-14-9-12(16-13(17-14)10-18-4)15-7-6-8-20-11(2)3/h9,11H,5-8,10H2,1-4H3,(H,15,16,17). The highest BCUT2D eigenvalue weighted by Crippen LogP contribution is 2.14. The van der Waals surface area contributed by atoms with E-state index < -0.39 is 0 Å². The van der Waals surface area contributed by atoms with Crippen LogP contribution in [0.5, 0.6) is 5.88 Å². The summed E-state index contributed by atoms with van der Waals surface area (Å²) in [5, 5.41) is 3.25. The van der Waals surface area contributed by atoms with E-state index >= 15 is 0 Å². The summed E-state index contributed by atoms with van der Waals surface area (Å²) in [6.45, 7) is 8.46. The van der Waals surface area contributed by atoms with Crippen molar-refractivity contribution in [1.82, 2.24) is 9.97 Å². The van der Waals surface area contributed by atoms with E-state index in [0.29, 0.717) is 24.9 Å². The van der Waals surface area contributed by atoms with E-state index in [-0.39, 0.29) is 6.10 Å². The summed E-state index contributed by atoms with van der Waals surface area (Å²) in [7, 11) is 1.62. The second-order valence-electron chi connectivity index (χ2n) is 4.57. The van der Waals surface area contributed by atoms with Crippen molar-refractivity contribution in [2.45, 2.75) is 39.9 Å². The number of anilines is 1. The van der Waals surface area contributed by atoms with Crippen LogP contribution in [0.1, 0.15) is 33.0 Å². The number of rotatable bonds is 10. The molecule has 0 radical (unpaired) electrons. The Kier molecular flexibility index (Phi) is 7.91. The zero-order chi connectivity index (χ0) is 14.8. The maximum atomic E-state index is 5.49. The Balaban J connectivity index is 2.50. The number of aromatic nitrogens is 2. The maximum Gasteiger partial charge on any atom is 0.218 e. The number of nitrogens with zero attached hydrogens (tertiary/aromatic N) is 2. The summed E-state index contributed by atoms with van der Waals surface area (Å²) >= 11 is 0. The van der Waals surface area contributed by atoms with Crippen molar-refractivity contribution in [3.63, 3.8) is 0 Å². The zero-order valence-electron chi connectivity index (χ0n) is 12.8. The molecule has 0 aliphatic heterocycles. The fourth-order valence-electron chi connectivity index (χ4n) is 1.59. The average Bonchev–Trinajstić information content (AvgIpc) is 2.38. The summed E-state index contributed by atoms with van der Waals surface area (Å²) in [6, 6.07) is 1.80. The monoisotopic (exact) mass is 283 g/mol. The molecule has 0 unspecified atom stereocenters. The van der Waals surface area contributed by atoms with Gasteiger partial charge in [0.1, 0.15) is 12.4 Å². The lowest BCUT2D eigenvalue weighted by atomic mass is 10.4. The lowest BCUT2D eigenvalue weighted by Gasteiger charge is -2.11. The number of methoxy groups -OCH3 is 1. The van der Waals surface area contributed by atoms with Gasteiger partial charge in [-0.3, -0.25) is 0 Å². The van der Waals surface area contributed by atoms with E-state index in [1.165, 1.54) is 0 Å². The van der Waals surface area contributed by atoms with Gasteiger partial charge in [-0.2, -0.15) is 4.98 Å². The summed E-state index contributed by atoms with van der Waals surface area (Å²) in [6.07, 6.45) is 1.19. The van der Waals surface area contributed by atoms with Gasteiger partial charge in [-0.1, -0.05) is 0 Å². The summed E-state index contributed by atoms with van der Waals surface area (Å²) in [4.78, 5) is 8.63. The summed E-state index contributed by atoms with van der Waals surface area (Å²) in [5.74, 6) is 1.93. The van der Waals surface area contributed by atoms with Crippen LogP contribution >= 0.6 is 0 Å². The molecule has 0 fully saturated rings. The quantitative estimate of drug-likeness (QED) is 0.664. The van der Waals surface area contributed by atoms with Gasteiger partial charge in [0.15, 0.2) is 5.82 Å². The van der Waals surface area contributed by atoms with Crippen molar-refractivity contribution in [2.75, 3.05) is 32.2 Å². The van der Waals surface area contributed by atoms with Crippen molar-refractivity contribution in [2.24, 2.45) is 0 Å². The molecule has 6 heteroatoms. The molecule has 0 bridgehead atoms. The topological polar surface area (TPSA) is 65.5 Å². The van der Waals surface area contributed by atoms with Gasteiger partial charge in [0, 0.05) is 26.3 Å². The van der Waals surface area contributed by atoms with E-state index in [9.17, 15) is 0 Å². The Labute approximate surface area is 120 Å². The molecule has 0 atom stereocenters. The number of ether oxygens (including phenoxy) is 3. The van der Waals surface area contributed by atoms with E-state index in [2.05, 4.69) is 15.3 Å². The molecule has 0 saturated carbocycles. The van der Waals surface area contributed by atoms with Crippen LogP contribution in [-0.4, -0.2) is 42.9 Å². The zero-order valence-corrected chi connectivity index (χ0v) is 12.8. The van der Waals surface area contributed by atoms with Gasteiger partial charge in [0.05, 0.1) is 12.7 Å². The average molecular weight is 283 g/mol. The highest BCUT2D eigenvalue weighted by molar-refractivity contribution is 5.38. The Morgan fingerprint density at radius 1 is 1.30 bits per heavy atom. The Morgan fingerprint density at radius 3 is 2.75 bits per heavy atom. The molecular formula is C14H25N3O3. The Hall–Kier alpha value is -1.40. The second kappa shape index (κ2) is 9.50. The predicted molar refractivity (Wildman–Crippen MR) is 78.1 cm³/mol. The number of hydrogen-bond donors (Lipinski definition) is 1. The van der Waals surface area contributed by atoms with E-state index in [0.717, 1.165) is 25.4 Å². The van der Waals surface area contributed by atoms with Gasteiger partial charge in [-0.15, -0.1) is 0 Å². The fraction of sp³-hybridized carbons (Fsp3) is 0.714. The van der Waals surface area contributed by atoms with Crippen LogP contribution in [0.2, 0.25) is 0 Å². The first-order valence-corrected chi connectivity index (χ1v) is 7.00. The van der Waals surface area contributed by atoms with Crippen molar-refractivity contribution < 1.29 is 14.2 Å². The molecule has 0 amide bonds. The van der Waals surface area contributed by atoms with Gasteiger partial charge in [0.2, 0.25) is 5.88 Å². The number of hydrogen-bond acceptors (Lipinski definition) is 6. The third kappa shape index (κ3) is 6.68. The fourth-order valence-corrected chi connectivity index (χ4v) is 1.59. The minimum absolute atomic E-state index is 0.270. The summed E-state index contributed by atoms with van der Waals surface area (Å²) < 4.78 is 16.0. The SMILES string of the molecule is CCOc1cc(NCCCOC(C)C)nc(COC)n1. The first-order chi connectivity index (χ1) is 9.65. The minimum Gasteiger partial charge on any atom is -0.478 e. The van der Waals surface area contributed by atoms with Crippen LogP contribution in [-0.2, 0) is 16.1 Å². The Bertz CT molecular complexity index is 362. The first kappa shape index (κ1) is 16.7. The molecule has 6 nitrogen and oxygen atoms in total. The molecule has 1 heterocycles. The lowest BCUT2D eigenvalue weighted by Crippen LogP contribution is -2.11. The van der Waals surface area contributed by atoms with Gasteiger partial charge in [0.25, 0.3) is 0 Å². The first-order valence-electron chi connectivity index (χ1n) is 7.00. The lowest BCUT2D eigenvalue weighted by molar-refractivity contribution is 0.0787. The molecule has 1 rings (SSSR count). The van der Waals surface area contributed by atoms with Crippen LogP contribution in [0.4, 0.5) is 5.82 Å². The second-order valence-corrected chi connectivity index (χ2v) is 4.57. The molecule has 1 N–H and O–H groups in total.